The number of nitrogens with two attached hydrogens (primary N) is 1. The second-order valence-electron chi connectivity index (χ2n) is 6.81. The van der Waals surface area contributed by atoms with Crippen LogP contribution in [0.25, 0.3) is 0 Å². The van der Waals surface area contributed by atoms with Crippen LogP contribution >= 0.6 is 0 Å². The van der Waals surface area contributed by atoms with E-state index in [9.17, 15) is 0 Å². The predicted molar refractivity (Wildman–Crippen MR) is 91.7 cm³/mol. The molecular formula is C19H32N2. The van der Waals surface area contributed by atoms with E-state index < -0.39 is 0 Å². The zero-order valence-electron chi connectivity index (χ0n) is 14.3. The monoisotopic (exact) mass is 288 g/mol. The second-order valence-corrected chi connectivity index (χ2v) is 6.81. The summed E-state index contributed by atoms with van der Waals surface area (Å²) in [6, 6.07) is 5.07. The predicted octanol–water partition coefficient (Wildman–Crippen LogP) is 4.12. The van der Waals surface area contributed by atoms with Gasteiger partial charge >= 0.3 is 0 Å². The van der Waals surface area contributed by atoms with Gasteiger partial charge in [-0.05, 0) is 74.9 Å². The zero-order chi connectivity index (χ0) is 15.4. The van der Waals surface area contributed by atoms with Gasteiger partial charge in [-0.1, -0.05) is 31.9 Å². The molecule has 1 aromatic rings. The minimum Gasteiger partial charge on any atom is -0.329 e. The van der Waals surface area contributed by atoms with E-state index in [1.165, 1.54) is 61.0 Å². The number of hydrogen-bond donors (Lipinski definition) is 1. The number of hydrogen-bond acceptors (Lipinski definition) is 2. The summed E-state index contributed by atoms with van der Waals surface area (Å²) in [5.74, 6) is 0.936. The Morgan fingerprint density at radius 1 is 1.10 bits per heavy atom. The Hall–Kier alpha value is -0.860. The molecule has 0 aliphatic carbocycles. The average Bonchev–Trinajstić information content (AvgIpc) is 2.47. The van der Waals surface area contributed by atoms with Crippen LogP contribution in [0.15, 0.2) is 12.1 Å². The molecule has 2 N–H and O–H groups in total. The molecule has 1 fully saturated rings. The van der Waals surface area contributed by atoms with E-state index in [-0.39, 0.29) is 0 Å². The van der Waals surface area contributed by atoms with Crippen molar-refractivity contribution in [3.8, 4) is 0 Å². The Morgan fingerprint density at radius 3 is 2.29 bits per heavy atom. The summed E-state index contributed by atoms with van der Waals surface area (Å²) >= 11 is 0. The van der Waals surface area contributed by atoms with Crippen LogP contribution in [0.1, 0.15) is 60.9 Å². The Labute approximate surface area is 130 Å². The standard InChI is InChI=1S/C19H32N2/c1-5-6-17-7-9-21(10-8-17)19(13-20)18-12-15(3)14(2)11-16(18)4/h11-12,17,19H,5-10,13,20H2,1-4H3. The summed E-state index contributed by atoms with van der Waals surface area (Å²) in [5.41, 5.74) is 11.7. The zero-order valence-corrected chi connectivity index (χ0v) is 14.3. The van der Waals surface area contributed by atoms with Crippen molar-refractivity contribution in [2.24, 2.45) is 11.7 Å². The van der Waals surface area contributed by atoms with E-state index in [1.54, 1.807) is 0 Å². The second kappa shape index (κ2) is 7.42. The maximum Gasteiger partial charge on any atom is 0.0473 e. The van der Waals surface area contributed by atoms with E-state index in [4.69, 9.17) is 5.73 Å². The van der Waals surface area contributed by atoms with E-state index in [0.717, 1.165) is 12.5 Å². The highest BCUT2D eigenvalue weighted by Gasteiger charge is 2.26. The molecule has 1 heterocycles. The van der Waals surface area contributed by atoms with E-state index >= 15 is 0 Å². The van der Waals surface area contributed by atoms with Gasteiger partial charge in [-0.15, -0.1) is 0 Å². The first-order valence-corrected chi connectivity index (χ1v) is 8.58. The van der Waals surface area contributed by atoms with E-state index in [2.05, 4.69) is 44.7 Å². The number of likely N-dealkylation sites (tertiary alicyclic amines) is 1. The number of piperidine rings is 1. The molecule has 2 nitrogen and oxygen atoms in total. The molecule has 21 heavy (non-hydrogen) atoms. The third kappa shape index (κ3) is 3.87. The quantitative estimate of drug-likeness (QED) is 0.883. The molecule has 1 aliphatic rings. The maximum absolute atomic E-state index is 6.14. The number of nitrogens with zero attached hydrogens (tertiary/aromatic N) is 1. The summed E-state index contributed by atoms with van der Waals surface area (Å²) in [5, 5.41) is 0. The Kier molecular flexibility index (Phi) is 5.83. The van der Waals surface area contributed by atoms with Gasteiger partial charge in [0.15, 0.2) is 0 Å². The first-order chi connectivity index (χ1) is 10.1. The topological polar surface area (TPSA) is 29.3 Å². The number of rotatable bonds is 5. The molecule has 0 saturated carbocycles. The van der Waals surface area contributed by atoms with Gasteiger partial charge in [0.2, 0.25) is 0 Å². The SMILES string of the molecule is CCCC1CCN(C(CN)c2cc(C)c(C)cc2C)CC1. The summed E-state index contributed by atoms with van der Waals surface area (Å²) in [7, 11) is 0. The normalized spacial score (nSPS) is 18.9. The Bertz CT molecular complexity index is 459. The third-order valence-electron chi connectivity index (χ3n) is 5.25. The van der Waals surface area contributed by atoms with Crippen molar-refractivity contribution < 1.29 is 0 Å². The molecule has 2 rings (SSSR count). The van der Waals surface area contributed by atoms with E-state index in [0.29, 0.717) is 6.04 Å². The lowest BCUT2D eigenvalue weighted by Gasteiger charge is -2.38. The molecule has 0 bridgehead atoms. The van der Waals surface area contributed by atoms with Crippen LogP contribution in [0.5, 0.6) is 0 Å². The lowest BCUT2D eigenvalue weighted by molar-refractivity contribution is 0.131. The lowest BCUT2D eigenvalue weighted by Crippen LogP contribution is -2.40. The van der Waals surface area contributed by atoms with Gasteiger partial charge in [0.25, 0.3) is 0 Å². The molecule has 1 atom stereocenters. The van der Waals surface area contributed by atoms with Crippen molar-refractivity contribution in [3.63, 3.8) is 0 Å². The number of benzene rings is 1. The van der Waals surface area contributed by atoms with Gasteiger partial charge in [-0.3, -0.25) is 4.90 Å². The van der Waals surface area contributed by atoms with Crippen molar-refractivity contribution in [3.05, 3.63) is 34.4 Å². The highest BCUT2D eigenvalue weighted by Crippen LogP contribution is 2.30. The molecule has 1 aliphatic heterocycles. The van der Waals surface area contributed by atoms with Crippen molar-refractivity contribution in [1.29, 1.82) is 0 Å². The fourth-order valence-electron chi connectivity index (χ4n) is 3.78. The van der Waals surface area contributed by atoms with Crippen LogP contribution < -0.4 is 5.73 Å². The molecule has 1 saturated heterocycles. The molecule has 2 heteroatoms. The van der Waals surface area contributed by atoms with Crippen molar-refractivity contribution in [2.75, 3.05) is 19.6 Å². The smallest absolute Gasteiger partial charge is 0.0473 e. The highest BCUT2D eigenvalue weighted by molar-refractivity contribution is 5.38. The first kappa shape index (κ1) is 16.5. The molecule has 0 amide bonds. The fraction of sp³-hybridized carbons (Fsp3) is 0.684. The van der Waals surface area contributed by atoms with Crippen molar-refractivity contribution in [2.45, 2.75) is 59.4 Å². The number of aryl methyl sites for hydroxylation is 3. The average molecular weight is 288 g/mol. The van der Waals surface area contributed by atoms with Crippen LogP contribution in [0.3, 0.4) is 0 Å². The van der Waals surface area contributed by atoms with Crippen LogP contribution in [0, 0.1) is 26.7 Å². The van der Waals surface area contributed by atoms with Gasteiger partial charge in [0.1, 0.15) is 0 Å². The highest BCUT2D eigenvalue weighted by atomic mass is 15.2. The minimum absolute atomic E-state index is 0.395. The van der Waals surface area contributed by atoms with Gasteiger partial charge in [0.05, 0.1) is 0 Å². The first-order valence-electron chi connectivity index (χ1n) is 8.58. The lowest BCUT2D eigenvalue weighted by atomic mass is 9.89. The van der Waals surface area contributed by atoms with Crippen LogP contribution in [0.2, 0.25) is 0 Å². The van der Waals surface area contributed by atoms with Gasteiger partial charge in [-0.25, -0.2) is 0 Å². The van der Waals surface area contributed by atoms with E-state index in [1.807, 2.05) is 0 Å². The van der Waals surface area contributed by atoms with Gasteiger partial charge in [0, 0.05) is 12.6 Å². The summed E-state index contributed by atoms with van der Waals surface area (Å²) in [4.78, 5) is 2.61. The Balaban J connectivity index is 2.12. The van der Waals surface area contributed by atoms with Gasteiger partial charge < -0.3 is 5.73 Å². The third-order valence-corrected chi connectivity index (χ3v) is 5.25. The van der Waals surface area contributed by atoms with Crippen molar-refractivity contribution >= 4 is 0 Å². The maximum atomic E-state index is 6.14. The molecule has 0 spiro atoms. The van der Waals surface area contributed by atoms with Crippen LogP contribution in [-0.2, 0) is 0 Å². The summed E-state index contributed by atoms with van der Waals surface area (Å²) in [6.07, 6.45) is 5.40. The Morgan fingerprint density at radius 2 is 1.71 bits per heavy atom. The molecule has 118 valence electrons. The van der Waals surface area contributed by atoms with Crippen molar-refractivity contribution in [1.82, 2.24) is 4.90 Å². The molecular weight excluding hydrogens is 256 g/mol. The summed E-state index contributed by atoms with van der Waals surface area (Å²) in [6.45, 7) is 12.1. The summed E-state index contributed by atoms with van der Waals surface area (Å²) < 4.78 is 0. The van der Waals surface area contributed by atoms with Crippen LogP contribution in [0.4, 0.5) is 0 Å². The largest absolute Gasteiger partial charge is 0.329 e. The molecule has 1 aromatic carbocycles. The fourth-order valence-corrected chi connectivity index (χ4v) is 3.78. The molecule has 0 radical (unpaired) electrons. The minimum atomic E-state index is 0.395. The van der Waals surface area contributed by atoms with Crippen LogP contribution in [-0.4, -0.2) is 24.5 Å². The molecule has 1 unspecified atom stereocenters. The van der Waals surface area contributed by atoms with Gasteiger partial charge in [-0.2, -0.15) is 0 Å². The molecule has 0 aromatic heterocycles.